The Balaban J connectivity index is 2.18. The summed E-state index contributed by atoms with van der Waals surface area (Å²) in [7, 11) is 0. The van der Waals surface area contributed by atoms with Crippen molar-refractivity contribution in [2.45, 2.75) is 0 Å². The summed E-state index contributed by atoms with van der Waals surface area (Å²) in [5, 5.41) is 26.4. The molecule has 4 heteroatoms. The summed E-state index contributed by atoms with van der Waals surface area (Å²) >= 11 is 0. The Morgan fingerprint density at radius 1 is 0.895 bits per heavy atom. The normalized spacial score (nSPS) is 10.5. The molecule has 94 valence electrons. The van der Waals surface area contributed by atoms with Gasteiger partial charge in [0, 0.05) is 16.7 Å². The molecule has 0 unspecified atom stereocenters. The van der Waals surface area contributed by atoms with Gasteiger partial charge < -0.3 is 10.2 Å². The van der Waals surface area contributed by atoms with E-state index in [1.165, 1.54) is 18.2 Å². The van der Waals surface area contributed by atoms with Gasteiger partial charge in [-0.15, -0.1) is 0 Å². The quantitative estimate of drug-likeness (QED) is 0.613. The SMILES string of the molecule is Oc1ccc(O)c(-c2cn[nH]c2-c2ccccc2)c1. The Labute approximate surface area is 110 Å². The molecule has 0 bridgehead atoms. The minimum atomic E-state index is 0.105. The van der Waals surface area contributed by atoms with Crippen LogP contribution in [0.4, 0.5) is 0 Å². The van der Waals surface area contributed by atoms with Crippen molar-refractivity contribution in [3.05, 3.63) is 54.7 Å². The summed E-state index contributed by atoms with van der Waals surface area (Å²) < 4.78 is 0. The minimum absolute atomic E-state index is 0.105. The summed E-state index contributed by atoms with van der Waals surface area (Å²) in [5.74, 6) is 0.212. The fourth-order valence-electron chi connectivity index (χ4n) is 2.05. The lowest BCUT2D eigenvalue weighted by molar-refractivity contribution is 0.462. The zero-order chi connectivity index (χ0) is 13.2. The molecule has 4 nitrogen and oxygen atoms in total. The highest BCUT2D eigenvalue weighted by Gasteiger charge is 2.13. The Hall–Kier alpha value is -2.75. The van der Waals surface area contributed by atoms with E-state index in [1.54, 1.807) is 6.20 Å². The lowest BCUT2D eigenvalue weighted by atomic mass is 10.0. The molecule has 0 amide bonds. The summed E-state index contributed by atoms with van der Waals surface area (Å²) in [5.41, 5.74) is 3.08. The highest BCUT2D eigenvalue weighted by atomic mass is 16.3. The average molecular weight is 252 g/mol. The molecule has 1 heterocycles. The third-order valence-electron chi connectivity index (χ3n) is 2.97. The van der Waals surface area contributed by atoms with E-state index in [9.17, 15) is 10.2 Å². The van der Waals surface area contributed by atoms with Crippen LogP contribution in [-0.2, 0) is 0 Å². The molecule has 0 aliphatic rings. The molecule has 1 aromatic heterocycles. The highest BCUT2D eigenvalue weighted by Crippen LogP contribution is 2.37. The van der Waals surface area contributed by atoms with E-state index >= 15 is 0 Å². The molecular weight excluding hydrogens is 240 g/mol. The lowest BCUT2D eigenvalue weighted by Gasteiger charge is -2.06. The summed E-state index contributed by atoms with van der Waals surface area (Å²) in [6.07, 6.45) is 1.64. The van der Waals surface area contributed by atoms with E-state index < -0.39 is 0 Å². The van der Waals surface area contributed by atoms with Crippen molar-refractivity contribution in [3.63, 3.8) is 0 Å². The third-order valence-corrected chi connectivity index (χ3v) is 2.97. The average Bonchev–Trinajstić information content (AvgIpc) is 2.91. The van der Waals surface area contributed by atoms with Gasteiger partial charge in [-0.1, -0.05) is 30.3 Å². The number of aromatic hydroxyl groups is 2. The number of benzene rings is 2. The molecule has 2 aromatic carbocycles. The van der Waals surface area contributed by atoms with Crippen molar-refractivity contribution in [2.75, 3.05) is 0 Å². The first-order chi connectivity index (χ1) is 9.25. The maximum atomic E-state index is 9.93. The number of hydrogen-bond acceptors (Lipinski definition) is 3. The highest BCUT2D eigenvalue weighted by molar-refractivity contribution is 5.83. The third kappa shape index (κ3) is 2.04. The van der Waals surface area contributed by atoms with E-state index in [-0.39, 0.29) is 11.5 Å². The second kappa shape index (κ2) is 4.49. The van der Waals surface area contributed by atoms with Crippen LogP contribution in [0.3, 0.4) is 0 Å². The van der Waals surface area contributed by atoms with E-state index in [2.05, 4.69) is 10.2 Å². The molecule has 0 saturated heterocycles. The molecule has 0 radical (unpaired) electrons. The van der Waals surface area contributed by atoms with Crippen LogP contribution in [0.25, 0.3) is 22.4 Å². The van der Waals surface area contributed by atoms with Gasteiger partial charge in [0.15, 0.2) is 0 Å². The first-order valence-electron chi connectivity index (χ1n) is 5.87. The predicted octanol–water partition coefficient (Wildman–Crippen LogP) is 3.15. The molecule has 0 spiro atoms. The monoisotopic (exact) mass is 252 g/mol. The van der Waals surface area contributed by atoms with Crippen molar-refractivity contribution >= 4 is 0 Å². The number of phenols is 2. The van der Waals surface area contributed by atoms with Crippen LogP contribution in [0.15, 0.2) is 54.7 Å². The summed E-state index contributed by atoms with van der Waals surface area (Å²) in [6, 6.07) is 14.1. The van der Waals surface area contributed by atoms with Crippen LogP contribution >= 0.6 is 0 Å². The van der Waals surface area contributed by atoms with Crippen LogP contribution in [0.1, 0.15) is 0 Å². The maximum Gasteiger partial charge on any atom is 0.123 e. The number of hydrogen-bond donors (Lipinski definition) is 3. The maximum absolute atomic E-state index is 9.93. The second-order valence-electron chi connectivity index (χ2n) is 4.23. The van der Waals surface area contributed by atoms with Crippen LogP contribution < -0.4 is 0 Å². The molecule has 19 heavy (non-hydrogen) atoms. The van der Waals surface area contributed by atoms with Gasteiger partial charge in [-0.2, -0.15) is 5.10 Å². The van der Waals surface area contributed by atoms with Crippen LogP contribution in [0, 0.1) is 0 Å². The topological polar surface area (TPSA) is 69.1 Å². The zero-order valence-corrected chi connectivity index (χ0v) is 10.0. The molecule has 3 rings (SSSR count). The van der Waals surface area contributed by atoms with E-state index in [0.717, 1.165) is 16.8 Å². The van der Waals surface area contributed by atoms with Crippen molar-refractivity contribution < 1.29 is 10.2 Å². The Kier molecular flexibility index (Phi) is 2.68. The number of rotatable bonds is 2. The largest absolute Gasteiger partial charge is 0.508 e. The van der Waals surface area contributed by atoms with Crippen LogP contribution in [-0.4, -0.2) is 20.4 Å². The first kappa shape index (κ1) is 11.3. The lowest BCUT2D eigenvalue weighted by Crippen LogP contribution is -1.83. The van der Waals surface area contributed by atoms with Crippen LogP contribution in [0.5, 0.6) is 11.5 Å². The number of aromatic nitrogens is 2. The minimum Gasteiger partial charge on any atom is -0.508 e. The van der Waals surface area contributed by atoms with Crippen LogP contribution in [0.2, 0.25) is 0 Å². The van der Waals surface area contributed by atoms with E-state index in [0.29, 0.717) is 5.56 Å². The summed E-state index contributed by atoms with van der Waals surface area (Å²) in [6.45, 7) is 0. The van der Waals surface area contributed by atoms with Crippen molar-refractivity contribution in [1.29, 1.82) is 0 Å². The Bertz CT molecular complexity index is 705. The van der Waals surface area contributed by atoms with Gasteiger partial charge in [0.25, 0.3) is 0 Å². The molecule has 0 aliphatic heterocycles. The van der Waals surface area contributed by atoms with Crippen molar-refractivity contribution in [2.24, 2.45) is 0 Å². The molecule has 0 fully saturated rings. The van der Waals surface area contributed by atoms with Gasteiger partial charge in [-0.05, 0) is 18.2 Å². The number of nitrogens with one attached hydrogen (secondary N) is 1. The van der Waals surface area contributed by atoms with Gasteiger partial charge in [-0.3, -0.25) is 5.10 Å². The smallest absolute Gasteiger partial charge is 0.123 e. The van der Waals surface area contributed by atoms with Gasteiger partial charge in [0.05, 0.1) is 11.9 Å². The molecule has 3 aromatic rings. The second-order valence-corrected chi connectivity index (χ2v) is 4.23. The molecule has 0 aliphatic carbocycles. The van der Waals surface area contributed by atoms with Gasteiger partial charge in [0.1, 0.15) is 11.5 Å². The molecule has 3 N–H and O–H groups in total. The van der Waals surface area contributed by atoms with Gasteiger partial charge >= 0.3 is 0 Å². The van der Waals surface area contributed by atoms with Gasteiger partial charge in [0.2, 0.25) is 0 Å². The molecule has 0 saturated carbocycles. The molecular formula is C15H12N2O2. The van der Waals surface area contributed by atoms with E-state index in [4.69, 9.17) is 0 Å². The fraction of sp³-hybridized carbons (Fsp3) is 0. The van der Waals surface area contributed by atoms with Crippen molar-refractivity contribution in [3.8, 4) is 33.9 Å². The standard InChI is InChI=1S/C15H12N2O2/c18-11-6-7-14(19)12(8-11)13-9-16-17-15(13)10-4-2-1-3-5-10/h1-9,18-19H,(H,16,17). The number of aromatic amines is 1. The number of H-pyrrole nitrogens is 1. The fourth-order valence-corrected chi connectivity index (χ4v) is 2.05. The molecule has 0 atom stereocenters. The Morgan fingerprint density at radius 2 is 1.68 bits per heavy atom. The summed E-state index contributed by atoms with van der Waals surface area (Å²) in [4.78, 5) is 0. The van der Waals surface area contributed by atoms with E-state index in [1.807, 2.05) is 30.3 Å². The van der Waals surface area contributed by atoms with Gasteiger partial charge in [-0.25, -0.2) is 0 Å². The predicted molar refractivity (Wildman–Crippen MR) is 72.8 cm³/mol. The zero-order valence-electron chi connectivity index (χ0n) is 10.0. The number of nitrogens with zero attached hydrogens (tertiary/aromatic N) is 1. The van der Waals surface area contributed by atoms with Crippen molar-refractivity contribution in [1.82, 2.24) is 10.2 Å². The Morgan fingerprint density at radius 3 is 2.47 bits per heavy atom. The first-order valence-corrected chi connectivity index (χ1v) is 5.87. The number of phenolic OH excluding ortho intramolecular Hbond substituents is 2.